The zero-order valence-corrected chi connectivity index (χ0v) is 14.4. The molecule has 2 aliphatic carbocycles. The van der Waals surface area contributed by atoms with Gasteiger partial charge >= 0.3 is 0 Å². The van der Waals surface area contributed by atoms with E-state index < -0.39 is 0 Å². The van der Waals surface area contributed by atoms with E-state index >= 15 is 0 Å². The van der Waals surface area contributed by atoms with E-state index in [1.54, 1.807) is 11.3 Å². The molecular weight excluding hydrogens is 322 g/mol. The molecule has 3 aliphatic rings. The van der Waals surface area contributed by atoms with Crippen LogP contribution in [0.15, 0.2) is 21.3 Å². The Morgan fingerprint density at radius 1 is 1.42 bits per heavy atom. The van der Waals surface area contributed by atoms with Crippen LogP contribution in [-0.2, 0) is 11.8 Å². The quantitative estimate of drug-likeness (QED) is 0.855. The van der Waals surface area contributed by atoms with Crippen molar-refractivity contribution in [2.45, 2.75) is 43.9 Å². The van der Waals surface area contributed by atoms with Gasteiger partial charge < -0.3 is 9.42 Å². The molecule has 3 fully saturated rings. The van der Waals surface area contributed by atoms with Crippen molar-refractivity contribution >= 4 is 17.2 Å². The molecule has 1 aliphatic heterocycles. The second-order valence-electron chi connectivity index (χ2n) is 7.61. The Morgan fingerprint density at radius 2 is 2.33 bits per heavy atom. The third-order valence-electron chi connectivity index (χ3n) is 5.99. The number of fused-ring (bicyclic) bond motifs is 1. The van der Waals surface area contributed by atoms with Crippen LogP contribution >= 0.6 is 11.3 Å². The zero-order valence-electron chi connectivity index (χ0n) is 13.6. The number of hydrogen-bond donors (Lipinski definition) is 0. The van der Waals surface area contributed by atoms with Crippen LogP contribution in [-0.4, -0.2) is 34.0 Å². The molecule has 2 atom stereocenters. The predicted octanol–water partition coefficient (Wildman–Crippen LogP) is 3.28. The number of aromatic nitrogens is 2. The van der Waals surface area contributed by atoms with Gasteiger partial charge in [-0.05, 0) is 49.0 Å². The topological polar surface area (TPSA) is 59.2 Å². The highest BCUT2D eigenvalue weighted by Gasteiger charge is 2.55. The Kier molecular flexibility index (Phi) is 3.30. The summed E-state index contributed by atoms with van der Waals surface area (Å²) in [6, 6.07) is 1.91. The molecule has 126 valence electrons. The average Bonchev–Trinajstić information content (AvgIpc) is 3.04. The summed E-state index contributed by atoms with van der Waals surface area (Å²) in [5.74, 6) is 2.99. The van der Waals surface area contributed by atoms with Crippen LogP contribution in [0.1, 0.15) is 54.2 Å². The fraction of sp³-hybridized carbons (Fsp3) is 0.611. The van der Waals surface area contributed by atoms with Crippen LogP contribution in [0.5, 0.6) is 0 Å². The first-order chi connectivity index (χ1) is 11.7. The number of carbonyl (C=O) groups is 1. The standard InChI is InChI=1S/C18H21N3O2S/c22-16(13-5-7-24-10-13)21-9-14-2-1-6-18(14,11-21)17-19-15(20-23-17)8-12-3-4-12/h5,7,10,12,14H,1-4,6,8-9,11H2/t14-,18-/m1/s1. The molecule has 0 radical (unpaired) electrons. The van der Waals surface area contributed by atoms with Crippen molar-refractivity contribution in [3.63, 3.8) is 0 Å². The largest absolute Gasteiger partial charge is 0.339 e. The van der Waals surface area contributed by atoms with E-state index in [0.29, 0.717) is 5.92 Å². The lowest BCUT2D eigenvalue weighted by atomic mass is 9.80. The third-order valence-corrected chi connectivity index (χ3v) is 6.67. The third kappa shape index (κ3) is 2.31. The molecule has 1 amide bonds. The number of nitrogens with zero attached hydrogens (tertiary/aromatic N) is 3. The van der Waals surface area contributed by atoms with Gasteiger partial charge in [-0.15, -0.1) is 0 Å². The summed E-state index contributed by atoms with van der Waals surface area (Å²) in [7, 11) is 0. The molecule has 2 aromatic heterocycles. The molecule has 0 N–H and O–H groups in total. The first-order valence-corrected chi connectivity index (χ1v) is 9.83. The van der Waals surface area contributed by atoms with Crippen molar-refractivity contribution in [3.8, 4) is 0 Å². The molecule has 0 aromatic carbocycles. The van der Waals surface area contributed by atoms with Crippen LogP contribution in [0.2, 0.25) is 0 Å². The van der Waals surface area contributed by atoms with E-state index in [1.807, 2.05) is 21.7 Å². The van der Waals surface area contributed by atoms with Gasteiger partial charge in [0.15, 0.2) is 5.82 Å². The highest BCUT2D eigenvalue weighted by atomic mass is 32.1. The van der Waals surface area contributed by atoms with Crippen molar-refractivity contribution in [2.24, 2.45) is 11.8 Å². The van der Waals surface area contributed by atoms with Crippen molar-refractivity contribution < 1.29 is 9.32 Å². The Bertz CT molecular complexity index is 752. The summed E-state index contributed by atoms with van der Waals surface area (Å²) in [6.07, 6.45) is 6.91. The molecule has 0 spiro atoms. The van der Waals surface area contributed by atoms with Crippen LogP contribution < -0.4 is 0 Å². The molecule has 2 saturated carbocycles. The summed E-state index contributed by atoms with van der Waals surface area (Å²) in [5.41, 5.74) is 0.690. The Morgan fingerprint density at radius 3 is 3.12 bits per heavy atom. The van der Waals surface area contributed by atoms with Gasteiger partial charge in [-0.1, -0.05) is 11.6 Å². The lowest BCUT2D eigenvalue weighted by Crippen LogP contribution is -2.34. The fourth-order valence-electron chi connectivity index (χ4n) is 4.48. The number of likely N-dealkylation sites (tertiary alicyclic amines) is 1. The molecule has 24 heavy (non-hydrogen) atoms. The monoisotopic (exact) mass is 343 g/mol. The highest BCUT2D eigenvalue weighted by molar-refractivity contribution is 7.08. The van der Waals surface area contributed by atoms with E-state index in [1.165, 1.54) is 19.3 Å². The van der Waals surface area contributed by atoms with Crippen LogP contribution in [0, 0.1) is 11.8 Å². The molecule has 5 nitrogen and oxygen atoms in total. The summed E-state index contributed by atoms with van der Waals surface area (Å²) >= 11 is 1.57. The lowest BCUT2D eigenvalue weighted by Gasteiger charge is -2.24. The zero-order chi connectivity index (χ0) is 16.1. The van der Waals surface area contributed by atoms with E-state index in [-0.39, 0.29) is 11.3 Å². The average molecular weight is 343 g/mol. The maximum Gasteiger partial charge on any atom is 0.254 e. The van der Waals surface area contributed by atoms with Gasteiger partial charge in [0, 0.05) is 24.9 Å². The minimum Gasteiger partial charge on any atom is -0.339 e. The summed E-state index contributed by atoms with van der Waals surface area (Å²) in [5, 5.41) is 8.12. The molecule has 6 heteroatoms. The van der Waals surface area contributed by atoms with E-state index in [0.717, 1.165) is 55.5 Å². The van der Waals surface area contributed by atoms with Gasteiger partial charge in [-0.25, -0.2) is 0 Å². The fourth-order valence-corrected chi connectivity index (χ4v) is 5.11. The SMILES string of the molecule is O=C(c1ccsc1)N1C[C@H]2CCC[C@@]2(c2nc(CC3CC3)no2)C1. The number of thiophene rings is 1. The van der Waals surface area contributed by atoms with Crippen LogP contribution in [0.4, 0.5) is 0 Å². The van der Waals surface area contributed by atoms with Gasteiger partial charge in [0.25, 0.3) is 5.91 Å². The maximum absolute atomic E-state index is 12.7. The molecule has 1 saturated heterocycles. The van der Waals surface area contributed by atoms with Crippen molar-refractivity contribution in [1.82, 2.24) is 15.0 Å². The summed E-state index contributed by atoms with van der Waals surface area (Å²) in [4.78, 5) is 19.5. The number of amides is 1. The number of carbonyl (C=O) groups excluding carboxylic acids is 1. The molecule has 2 aromatic rings. The Labute approximate surface area is 145 Å². The first-order valence-electron chi connectivity index (χ1n) is 8.89. The minimum absolute atomic E-state index is 0.111. The highest BCUT2D eigenvalue weighted by Crippen LogP contribution is 2.50. The van der Waals surface area contributed by atoms with E-state index in [2.05, 4.69) is 5.16 Å². The second kappa shape index (κ2) is 5.41. The van der Waals surface area contributed by atoms with Crippen molar-refractivity contribution in [2.75, 3.05) is 13.1 Å². The number of rotatable bonds is 4. The first kappa shape index (κ1) is 14.6. The molecule has 0 unspecified atom stereocenters. The molecule has 0 bridgehead atoms. The van der Waals surface area contributed by atoms with Crippen molar-refractivity contribution in [3.05, 3.63) is 34.1 Å². The molecule has 5 rings (SSSR count). The molecule has 3 heterocycles. The summed E-state index contributed by atoms with van der Waals surface area (Å²) in [6.45, 7) is 1.53. The minimum atomic E-state index is -0.111. The van der Waals surface area contributed by atoms with Gasteiger partial charge in [-0.3, -0.25) is 4.79 Å². The number of hydrogen-bond acceptors (Lipinski definition) is 5. The smallest absolute Gasteiger partial charge is 0.254 e. The van der Waals surface area contributed by atoms with Crippen LogP contribution in [0.3, 0.4) is 0 Å². The Hall–Kier alpha value is -1.69. The van der Waals surface area contributed by atoms with E-state index in [9.17, 15) is 4.79 Å². The van der Waals surface area contributed by atoms with Gasteiger partial charge in [-0.2, -0.15) is 16.3 Å². The normalized spacial score (nSPS) is 29.2. The van der Waals surface area contributed by atoms with Crippen molar-refractivity contribution in [1.29, 1.82) is 0 Å². The van der Waals surface area contributed by atoms with Crippen LogP contribution in [0.25, 0.3) is 0 Å². The predicted molar refractivity (Wildman–Crippen MR) is 90.0 cm³/mol. The Balaban J connectivity index is 1.40. The molecular formula is C18H21N3O2S. The maximum atomic E-state index is 12.7. The van der Waals surface area contributed by atoms with Gasteiger partial charge in [0.1, 0.15) is 0 Å². The van der Waals surface area contributed by atoms with Gasteiger partial charge in [0.2, 0.25) is 5.89 Å². The summed E-state index contributed by atoms with van der Waals surface area (Å²) < 4.78 is 5.70. The van der Waals surface area contributed by atoms with Gasteiger partial charge in [0.05, 0.1) is 11.0 Å². The second-order valence-corrected chi connectivity index (χ2v) is 8.39. The van der Waals surface area contributed by atoms with E-state index in [4.69, 9.17) is 9.51 Å². The lowest BCUT2D eigenvalue weighted by molar-refractivity contribution is 0.0775.